The topological polar surface area (TPSA) is 40.5 Å². The molecule has 0 aliphatic rings. The molecule has 0 saturated carbocycles. The second-order valence-corrected chi connectivity index (χ2v) is 8.79. The Morgan fingerprint density at radius 2 is 0.852 bits per heavy atom. The lowest BCUT2D eigenvalue weighted by atomic mass is 10.0. The van der Waals surface area contributed by atoms with Gasteiger partial charge in [-0.1, -0.05) is 129 Å². The Labute approximate surface area is 178 Å². The molecule has 0 rings (SSSR count). The molecule has 0 aliphatic heterocycles. The van der Waals surface area contributed by atoms with Gasteiger partial charge in [-0.15, -0.1) is 0 Å². The van der Waals surface area contributed by atoms with Crippen LogP contribution in [0.3, 0.4) is 0 Å². The van der Waals surface area contributed by atoms with Crippen LogP contribution in [-0.4, -0.2) is 15.2 Å². The largest absolute Gasteiger partial charge is 0.275 e. The van der Waals surface area contributed by atoms with Gasteiger partial charge < -0.3 is 0 Å². The molecular weight excluding hydrogens is 402 g/mol. The fourth-order valence-corrected chi connectivity index (χ4v) is 3.80. The highest BCUT2D eigenvalue weighted by atomic mass is 79.9. The number of amides is 1. The van der Waals surface area contributed by atoms with E-state index in [4.69, 9.17) is 5.21 Å². The van der Waals surface area contributed by atoms with E-state index < -0.39 is 0 Å². The van der Waals surface area contributed by atoms with Crippen molar-refractivity contribution in [1.29, 1.82) is 0 Å². The van der Waals surface area contributed by atoms with E-state index >= 15 is 0 Å². The van der Waals surface area contributed by atoms with Crippen LogP contribution in [0.15, 0.2) is 0 Å². The van der Waals surface area contributed by atoms with Crippen molar-refractivity contribution in [3.63, 3.8) is 0 Å². The van der Waals surface area contributed by atoms with Crippen molar-refractivity contribution in [3.8, 4) is 0 Å². The Balaban J connectivity index is 3.04. The predicted octanol–water partition coefficient (Wildman–Crippen LogP) is 8.73. The third-order valence-electron chi connectivity index (χ3n) is 5.45. The van der Waals surface area contributed by atoms with Crippen LogP contribution in [0.2, 0.25) is 0 Å². The number of hydrogen-bond donors (Lipinski definition) is 1. The standard InChI is InChI=1S/C23H46BrNO2/c1-2-3-4-5-6-7-8-9-10-11-12-13-14-15-16-17-18-19-20-21-22-23(26)25(24)27/h27H,2-22H2,1H3. The summed E-state index contributed by atoms with van der Waals surface area (Å²) in [6.45, 7) is 2.28. The minimum absolute atomic E-state index is 0.252. The van der Waals surface area contributed by atoms with Crippen LogP contribution in [0, 0.1) is 0 Å². The first kappa shape index (κ1) is 26.9. The molecule has 0 unspecified atom stereocenters. The minimum atomic E-state index is -0.252. The maximum atomic E-state index is 11.2. The molecule has 3 nitrogen and oxygen atoms in total. The molecule has 0 bridgehead atoms. The number of nitrogens with zero attached hydrogens (tertiary/aromatic N) is 1. The summed E-state index contributed by atoms with van der Waals surface area (Å²) >= 11 is 2.74. The first-order chi connectivity index (χ1) is 13.2. The molecule has 4 heteroatoms. The molecule has 0 atom stereocenters. The van der Waals surface area contributed by atoms with Gasteiger partial charge in [0, 0.05) is 6.42 Å². The molecule has 27 heavy (non-hydrogen) atoms. The van der Waals surface area contributed by atoms with E-state index in [2.05, 4.69) is 23.1 Å². The van der Waals surface area contributed by atoms with Gasteiger partial charge in [-0.2, -0.15) is 4.09 Å². The average Bonchev–Trinajstić information content (AvgIpc) is 2.66. The highest BCUT2D eigenvalue weighted by Gasteiger charge is 2.05. The first-order valence-corrected chi connectivity index (χ1v) is 12.6. The molecule has 0 fully saturated rings. The van der Waals surface area contributed by atoms with E-state index in [1.807, 2.05) is 0 Å². The monoisotopic (exact) mass is 447 g/mol. The second kappa shape index (κ2) is 22.2. The maximum absolute atomic E-state index is 11.2. The van der Waals surface area contributed by atoms with E-state index in [0.29, 0.717) is 10.5 Å². The number of hydroxylamine groups is 1. The van der Waals surface area contributed by atoms with Crippen molar-refractivity contribution in [2.75, 3.05) is 0 Å². The molecule has 1 N–H and O–H groups in total. The summed E-state index contributed by atoms with van der Waals surface area (Å²) in [6, 6.07) is 0. The molecule has 0 spiro atoms. The second-order valence-electron chi connectivity index (χ2n) is 8.12. The Bertz CT molecular complexity index is 311. The van der Waals surface area contributed by atoms with Gasteiger partial charge in [-0.05, 0) is 6.42 Å². The number of carbonyl (C=O) groups excluding carboxylic acids is 1. The van der Waals surface area contributed by atoms with E-state index in [-0.39, 0.29) is 5.91 Å². The lowest BCUT2D eigenvalue weighted by molar-refractivity contribution is -0.143. The van der Waals surface area contributed by atoms with E-state index in [1.165, 1.54) is 116 Å². The lowest BCUT2D eigenvalue weighted by Crippen LogP contribution is -2.15. The number of rotatable bonds is 21. The van der Waals surface area contributed by atoms with Crippen LogP contribution in [0.1, 0.15) is 142 Å². The summed E-state index contributed by atoms with van der Waals surface area (Å²) in [6.07, 6.45) is 27.6. The van der Waals surface area contributed by atoms with Gasteiger partial charge in [0.2, 0.25) is 0 Å². The zero-order valence-corrected chi connectivity index (χ0v) is 19.6. The first-order valence-electron chi connectivity index (χ1n) is 11.9. The smallest absolute Gasteiger partial charge is 0.256 e. The van der Waals surface area contributed by atoms with E-state index in [1.54, 1.807) is 0 Å². The molecular formula is C23H46BrNO2. The fourth-order valence-electron chi connectivity index (χ4n) is 3.62. The van der Waals surface area contributed by atoms with Gasteiger partial charge >= 0.3 is 0 Å². The quantitative estimate of drug-likeness (QED) is 0.0825. The summed E-state index contributed by atoms with van der Waals surface area (Å²) in [5, 5.41) is 8.88. The van der Waals surface area contributed by atoms with Crippen molar-refractivity contribution < 1.29 is 10.0 Å². The third-order valence-corrected chi connectivity index (χ3v) is 5.85. The number of hydrogen-bond acceptors (Lipinski definition) is 2. The van der Waals surface area contributed by atoms with Crippen molar-refractivity contribution in [2.24, 2.45) is 0 Å². The highest BCUT2D eigenvalue weighted by molar-refractivity contribution is 9.07. The normalized spacial score (nSPS) is 11.1. The Morgan fingerprint density at radius 3 is 1.11 bits per heavy atom. The molecule has 0 aromatic rings. The van der Waals surface area contributed by atoms with Gasteiger partial charge in [0.15, 0.2) is 0 Å². The van der Waals surface area contributed by atoms with Gasteiger partial charge in [-0.25, -0.2) is 0 Å². The van der Waals surface area contributed by atoms with Crippen molar-refractivity contribution in [1.82, 2.24) is 4.09 Å². The summed E-state index contributed by atoms with van der Waals surface area (Å²) in [7, 11) is 0. The van der Waals surface area contributed by atoms with Crippen LogP contribution < -0.4 is 0 Å². The van der Waals surface area contributed by atoms with Gasteiger partial charge in [0.1, 0.15) is 0 Å². The molecule has 0 radical (unpaired) electrons. The fraction of sp³-hybridized carbons (Fsp3) is 0.957. The van der Waals surface area contributed by atoms with Crippen LogP contribution in [0.5, 0.6) is 0 Å². The minimum Gasteiger partial charge on any atom is -0.275 e. The summed E-state index contributed by atoms with van der Waals surface area (Å²) < 4.78 is 0.516. The summed E-state index contributed by atoms with van der Waals surface area (Å²) in [4.78, 5) is 11.2. The van der Waals surface area contributed by atoms with Crippen molar-refractivity contribution in [2.45, 2.75) is 142 Å². The van der Waals surface area contributed by atoms with Gasteiger partial charge in [0.25, 0.3) is 5.91 Å². The Kier molecular flexibility index (Phi) is 22.1. The molecule has 0 heterocycles. The SMILES string of the molecule is CCCCCCCCCCCCCCCCCCCCCCC(=O)N(O)Br. The van der Waals surface area contributed by atoms with Crippen LogP contribution in [0.25, 0.3) is 0 Å². The molecule has 0 aromatic carbocycles. The summed E-state index contributed by atoms with van der Waals surface area (Å²) in [5.74, 6) is -0.252. The molecule has 1 amide bonds. The molecule has 162 valence electrons. The number of carbonyl (C=O) groups is 1. The Hall–Kier alpha value is -0.0900. The van der Waals surface area contributed by atoms with Crippen LogP contribution in [0.4, 0.5) is 0 Å². The zero-order valence-electron chi connectivity index (χ0n) is 18.0. The third kappa shape index (κ3) is 22.1. The van der Waals surface area contributed by atoms with Crippen molar-refractivity contribution in [3.05, 3.63) is 0 Å². The zero-order chi connectivity index (χ0) is 20.0. The number of unbranched alkanes of at least 4 members (excludes halogenated alkanes) is 19. The Morgan fingerprint density at radius 1 is 0.593 bits per heavy atom. The predicted molar refractivity (Wildman–Crippen MR) is 120 cm³/mol. The number of halogens is 1. The van der Waals surface area contributed by atoms with Crippen molar-refractivity contribution >= 4 is 22.1 Å². The van der Waals surface area contributed by atoms with Gasteiger partial charge in [0.05, 0.1) is 16.1 Å². The maximum Gasteiger partial charge on any atom is 0.256 e. The molecule has 0 saturated heterocycles. The summed E-state index contributed by atoms with van der Waals surface area (Å²) in [5.41, 5.74) is 0. The van der Waals surface area contributed by atoms with E-state index in [9.17, 15) is 4.79 Å². The van der Waals surface area contributed by atoms with Gasteiger partial charge in [-0.3, -0.25) is 10.0 Å². The van der Waals surface area contributed by atoms with E-state index in [0.717, 1.165) is 12.8 Å². The molecule has 0 aliphatic carbocycles. The lowest BCUT2D eigenvalue weighted by Gasteiger charge is -2.05. The van der Waals surface area contributed by atoms with Crippen LogP contribution >= 0.6 is 16.1 Å². The molecule has 0 aromatic heterocycles. The van der Waals surface area contributed by atoms with Crippen LogP contribution in [-0.2, 0) is 4.79 Å². The highest BCUT2D eigenvalue weighted by Crippen LogP contribution is 2.15. The average molecular weight is 449 g/mol.